The predicted octanol–water partition coefficient (Wildman–Crippen LogP) is 2.00. The molecule has 0 radical (unpaired) electrons. The molecule has 4 heterocycles. The molecule has 0 amide bonds. The van der Waals surface area contributed by atoms with E-state index in [2.05, 4.69) is 47.6 Å². The van der Waals surface area contributed by atoms with E-state index in [-0.39, 0.29) is 45.5 Å². The molecule has 4 saturated heterocycles. The van der Waals surface area contributed by atoms with E-state index < -0.39 is 79.9 Å². The lowest BCUT2D eigenvalue weighted by molar-refractivity contribution is -0.358. The van der Waals surface area contributed by atoms with Crippen molar-refractivity contribution in [1.29, 1.82) is 0 Å². The standard InChI is InChI=1S/C41H66O13/c1-20(2)14-21-17-49-41-18-40(19-50-41)22(33(41)39(21,7)48)8-9-26-37(5)12-11-27(36(3,4)25(37)10-13-38(26,40)6)53-35-32(30(46)28(44)23(15-42)52-35)54-34-31(47)29(45)24(16-43)51-34/h14,21-35,42-48H,8-13,15-19H2,1-7H3/t21?,22-,23-,24+,25+,26-,27+,28-,29+,30+,31-,32-,33+,34+,35+,37+,38-,39+,40+,41-/m1/s1. The Labute approximate surface area is 319 Å². The molecule has 54 heavy (non-hydrogen) atoms. The summed E-state index contributed by atoms with van der Waals surface area (Å²) in [5, 5.41) is 75.0. The number of aliphatic hydroxyl groups excluding tert-OH is 6. The van der Waals surface area contributed by atoms with Crippen LogP contribution in [0.3, 0.4) is 0 Å². The third-order valence-electron chi connectivity index (χ3n) is 16.9. The van der Waals surface area contributed by atoms with Gasteiger partial charge < -0.3 is 64.2 Å². The van der Waals surface area contributed by atoms with Crippen molar-refractivity contribution in [3.8, 4) is 0 Å². The third-order valence-corrected chi connectivity index (χ3v) is 16.9. The minimum Gasteiger partial charge on any atom is -0.394 e. The van der Waals surface area contributed by atoms with Crippen LogP contribution in [0.15, 0.2) is 11.6 Å². The van der Waals surface area contributed by atoms with Gasteiger partial charge in [0.25, 0.3) is 0 Å². The number of allylic oxidation sites excluding steroid dienone is 1. The summed E-state index contributed by atoms with van der Waals surface area (Å²) >= 11 is 0. The minimum absolute atomic E-state index is 0.0164. The molecule has 20 atom stereocenters. The smallest absolute Gasteiger partial charge is 0.187 e. The Morgan fingerprint density at radius 3 is 2.09 bits per heavy atom. The number of aliphatic hydroxyl groups is 7. The zero-order chi connectivity index (χ0) is 39.0. The van der Waals surface area contributed by atoms with Crippen LogP contribution >= 0.6 is 0 Å². The average molecular weight is 767 g/mol. The first-order valence-corrected chi connectivity index (χ1v) is 20.5. The van der Waals surface area contributed by atoms with Gasteiger partial charge in [-0.25, -0.2) is 0 Å². The molecule has 2 spiro atoms. The van der Waals surface area contributed by atoms with E-state index >= 15 is 0 Å². The fraction of sp³-hybridized carbons (Fsp3) is 0.951. The number of hydrogen-bond acceptors (Lipinski definition) is 13. The van der Waals surface area contributed by atoms with Gasteiger partial charge in [-0.2, -0.15) is 0 Å². The highest BCUT2D eigenvalue weighted by molar-refractivity contribution is 5.27. The molecule has 0 aromatic carbocycles. The van der Waals surface area contributed by atoms with Crippen molar-refractivity contribution < 1.29 is 64.2 Å². The van der Waals surface area contributed by atoms with Crippen molar-refractivity contribution >= 4 is 0 Å². The molecule has 13 heteroatoms. The van der Waals surface area contributed by atoms with Crippen molar-refractivity contribution in [3.63, 3.8) is 0 Å². The van der Waals surface area contributed by atoms with E-state index in [0.717, 1.165) is 38.5 Å². The molecule has 308 valence electrons. The van der Waals surface area contributed by atoms with Crippen molar-refractivity contribution in [3.05, 3.63) is 11.6 Å². The van der Waals surface area contributed by atoms with Crippen LogP contribution in [-0.4, -0.2) is 135 Å². The lowest BCUT2D eigenvalue weighted by atomic mass is 9.35. The van der Waals surface area contributed by atoms with Gasteiger partial charge in [0.05, 0.1) is 38.1 Å². The Morgan fingerprint density at radius 1 is 0.759 bits per heavy atom. The van der Waals surface area contributed by atoms with Crippen LogP contribution in [0.4, 0.5) is 0 Å². The van der Waals surface area contributed by atoms with Gasteiger partial charge in [0.1, 0.15) is 42.7 Å². The lowest BCUT2D eigenvalue weighted by Crippen LogP contribution is -2.68. The topological polar surface area (TPSA) is 197 Å². The highest BCUT2D eigenvalue weighted by Crippen LogP contribution is 2.80. The zero-order valence-electron chi connectivity index (χ0n) is 33.1. The molecule has 13 nitrogen and oxygen atoms in total. The lowest BCUT2D eigenvalue weighted by Gasteiger charge is -2.70. The molecule has 7 N–H and O–H groups in total. The normalized spacial score (nSPS) is 57.5. The summed E-state index contributed by atoms with van der Waals surface area (Å²) in [5.41, 5.74) is -0.236. The molecule has 0 aromatic heterocycles. The maximum atomic E-state index is 12.3. The zero-order valence-corrected chi connectivity index (χ0v) is 33.1. The summed E-state index contributed by atoms with van der Waals surface area (Å²) in [7, 11) is 0. The summed E-state index contributed by atoms with van der Waals surface area (Å²) in [4.78, 5) is 0. The van der Waals surface area contributed by atoms with Crippen LogP contribution in [0.2, 0.25) is 0 Å². The van der Waals surface area contributed by atoms with Crippen molar-refractivity contribution in [1.82, 2.24) is 0 Å². The van der Waals surface area contributed by atoms with Crippen LogP contribution in [0.25, 0.3) is 0 Å². The Kier molecular flexibility index (Phi) is 9.91. The molecule has 2 bridgehead atoms. The van der Waals surface area contributed by atoms with E-state index in [0.29, 0.717) is 31.5 Å². The molecule has 4 aliphatic heterocycles. The van der Waals surface area contributed by atoms with E-state index in [4.69, 9.17) is 28.4 Å². The van der Waals surface area contributed by atoms with Gasteiger partial charge >= 0.3 is 0 Å². The first kappa shape index (κ1) is 40.0. The van der Waals surface area contributed by atoms with Gasteiger partial charge in [0, 0.05) is 23.7 Å². The predicted molar refractivity (Wildman–Crippen MR) is 192 cm³/mol. The first-order valence-electron chi connectivity index (χ1n) is 20.5. The van der Waals surface area contributed by atoms with E-state index in [1.165, 1.54) is 5.57 Å². The largest absolute Gasteiger partial charge is 0.394 e. The molecule has 0 aromatic rings. The number of rotatable bonds is 7. The summed E-state index contributed by atoms with van der Waals surface area (Å²) in [5.74, 6) is 0.0868. The Morgan fingerprint density at radius 2 is 1.43 bits per heavy atom. The quantitative estimate of drug-likeness (QED) is 0.147. The van der Waals surface area contributed by atoms with Gasteiger partial charge in [0.2, 0.25) is 0 Å². The molecule has 8 aliphatic rings. The summed E-state index contributed by atoms with van der Waals surface area (Å²) < 4.78 is 37.9. The minimum atomic E-state index is -1.56. The van der Waals surface area contributed by atoms with Crippen LogP contribution in [-0.2, 0) is 28.4 Å². The van der Waals surface area contributed by atoms with Crippen LogP contribution in [0.1, 0.15) is 93.4 Å². The SMILES string of the molecule is CC(C)=CC1CO[C@]23C[C@]4(CO2)[C@H](CC[C@@H]2[C@@]5(C)CC[C@H](O[C@@H]6O[C@H](CO)[C@@H](O)[C@H](O)[C@H]6O[C@@H]6O[C@@H](CO)[C@H](O)[C@H]6O)C(C)(C)[C@@H]5CC[C@]24C)[C@H]3[C@@]1(C)O. The van der Waals surface area contributed by atoms with Crippen molar-refractivity contribution in [2.24, 2.45) is 51.2 Å². The molecule has 4 aliphatic carbocycles. The van der Waals surface area contributed by atoms with E-state index in [9.17, 15) is 35.7 Å². The van der Waals surface area contributed by atoms with Crippen LogP contribution in [0, 0.1) is 51.2 Å². The Balaban J connectivity index is 1.04. The number of hydrogen-bond donors (Lipinski definition) is 7. The Bertz CT molecular complexity index is 1450. The molecular weight excluding hydrogens is 700 g/mol. The highest BCUT2D eigenvalue weighted by Gasteiger charge is 2.81. The van der Waals surface area contributed by atoms with Gasteiger partial charge in [-0.3, -0.25) is 0 Å². The van der Waals surface area contributed by atoms with Gasteiger partial charge in [-0.1, -0.05) is 39.3 Å². The van der Waals surface area contributed by atoms with Gasteiger partial charge in [-0.15, -0.1) is 0 Å². The second kappa shape index (κ2) is 13.4. The fourth-order valence-corrected chi connectivity index (χ4v) is 14.3. The monoisotopic (exact) mass is 766 g/mol. The maximum absolute atomic E-state index is 12.3. The third kappa shape index (κ3) is 5.43. The highest BCUT2D eigenvalue weighted by atomic mass is 16.8. The van der Waals surface area contributed by atoms with Crippen LogP contribution < -0.4 is 0 Å². The van der Waals surface area contributed by atoms with Crippen molar-refractivity contribution in [2.45, 2.75) is 166 Å². The summed E-state index contributed by atoms with van der Waals surface area (Å²) in [6.07, 6.45) is -3.79. The van der Waals surface area contributed by atoms with Crippen molar-refractivity contribution in [2.75, 3.05) is 26.4 Å². The summed E-state index contributed by atoms with van der Waals surface area (Å²) in [6, 6.07) is 0. The molecule has 8 rings (SSSR count). The Hall–Kier alpha value is -0.780. The molecule has 8 fully saturated rings. The average Bonchev–Trinajstić information content (AvgIpc) is 3.73. The van der Waals surface area contributed by atoms with Gasteiger partial charge in [0.15, 0.2) is 18.4 Å². The summed E-state index contributed by atoms with van der Waals surface area (Å²) in [6.45, 7) is 15.7. The second-order valence-electron chi connectivity index (χ2n) is 20.0. The van der Waals surface area contributed by atoms with E-state index in [1.807, 2.05) is 6.92 Å². The maximum Gasteiger partial charge on any atom is 0.187 e. The fourth-order valence-electron chi connectivity index (χ4n) is 14.3. The molecule has 1 unspecified atom stereocenters. The van der Waals surface area contributed by atoms with Gasteiger partial charge in [-0.05, 0) is 93.3 Å². The second-order valence-corrected chi connectivity index (χ2v) is 20.0. The van der Waals surface area contributed by atoms with Crippen LogP contribution in [0.5, 0.6) is 0 Å². The number of fused-ring (bicyclic) bond motifs is 4. The first-order chi connectivity index (χ1) is 25.3. The molecular formula is C41H66O13. The van der Waals surface area contributed by atoms with E-state index in [1.54, 1.807) is 0 Å². The number of ether oxygens (including phenoxy) is 6. The molecule has 4 saturated carbocycles.